The van der Waals surface area contributed by atoms with Gasteiger partial charge < -0.3 is 20.2 Å². The van der Waals surface area contributed by atoms with Gasteiger partial charge in [-0.05, 0) is 44.9 Å². The van der Waals surface area contributed by atoms with Crippen molar-refractivity contribution in [1.29, 1.82) is 0 Å². The molecule has 5 nitrogen and oxygen atoms in total. The number of aliphatic hydroxyl groups is 1. The number of aryl methyl sites for hydroxylation is 2. The van der Waals surface area contributed by atoms with Crippen LogP contribution in [0.1, 0.15) is 35.5 Å². The predicted molar refractivity (Wildman–Crippen MR) is 113 cm³/mol. The molecule has 0 aliphatic carbocycles. The molecule has 1 heterocycles. The minimum absolute atomic E-state index is 0. The van der Waals surface area contributed by atoms with Crippen molar-refractivity contribution in [3.05, 3.63) is 59.0 Å². The molecule has 1 aromatic heterocycles. The number of hydrogen-bond acceptors (Lipinski definition) is 3. The maximum absolute atomic E-state index is 10.0. The fourth-order valence-electron chi connectivity index (χ4n) is 2.63. The molecular formula is C19H28IN3O2. The van der Waals surface area contributed by atoms with Crippen LogP contribution in [0.5, 0.6) is 0 Å². The van der Waals surface area contributed by atoms with Gasteiger partial charge in [0.25, 0.3) is 0 Å². The van der Waals surface area contributed by atoms with E-state index in [1.54, 1.807) is 18.4 Å². The number of benzene rings is 1. The van der Waals surface area contributed by atoms with Gasteiger partial charge >= 0.3 is 0 Å². The highest BCUT2D eigenvalue weighted by Crippen LogP contribution is 2.13. The molecule has 25 heavy (non-hydrogen) atoms. The summed E-state index contributed by atoms with van der Waals surface area (Å²) in [5, 5.41) is 16.5. The molecule has 1 unspecified atom stereocenters. The molecule has 138 valence electrons. The summed E-state index contributed by atoms with van der Waals surface area (Å²) in [6.45, 7) is 8.06. The number of aliphatic imine (C=N–C) groups is 1. The van der Waals surface area contributed by atoms with Crippen LogP contribution in [0.4, 0.5) is 0 Å². The molecule has 0 radical (unpaired) electrons. The Morgan fingerprint density at radius 3 is 2.52 bits per heavy atom. The van der Waals surface area contributed by atoms with E-state index in [-0.39, 0.29) is 30.5 Å². The van der Waals surface area contributed by atoms with Crippen molar-refractivity contribution < 1.29 is 9.52 Å². The first kappa shape index (κ1) is 21.5. The summed E-state index contributed by atoms with van der Waals surface area (Å²) in [6, 6.07) is 10.1. The topological polar surface area (TPSA) is 69.8 Å². The van der Waals surface area contributed by atoms with Crippen molar-refractivity contribution in [2.75, 3.05) is 19.6 Å². The lowest BCUT2D eigenvalue weighted by Crippen LogP contribution is -2.38. The molecule has 0 bridgehead atoms. The van der Waals surface area contributed by atoms with Crippen LogP contribution in [0.25, 0.3) is 0 Å². The Morgan fingerprint density at radius 2 is 1.92 bits per heavy atom. The third-order valence-electron chi connectivity index (χ3n) is 3.63. The van der Waals surface area contributed by atoms with Crippen LogP contribution in [-0.2, 0) is 6.42 Å². The second kappa shape index (κ2) is 11.1. The second-order valence-electron chi connectivity index (χ2n) is 5.92. The van der Waals surface area contributed by atoms with Gasteiger partial charge in [0.15, 0.2) is 5.96 Å². The Morgan fingerprint density at radius 1 is 1.20 bits per heavy atom. The Balaban J connectivity index is 0.00000312. The molecule has 0 saturated heterocycles. The fraction of sp³-hybridized carbons (Fsp3) is 0.421. The zero-order chi connectivity index (χ0) is 17.4. The van der Waals surface area contributed by atoms with Crippen LogP contribution < -0.4 is 10.6 Å². The number of nitrogens with one attached hydrogen (secondary N) is 2. The van der Waals surface area contributed by atoms with Crippen molar-refractivity contribution in [1.82, 2.24) is 10.6 Å². The summed E-state index contributed by atoms with van der Waals surface area (Å²) in [5.41, 5.74) is 3.88. The summed E-state index contributed by atoms with van der Waals surface area (Å²) in [5.74, 6) is 1.23. The highest BCUT2D eigenvalue weighted by atomic mass is 127. The van der Waals surface area contributed by atoms with Gasteiger partial charge in [0.05, 0.1) is 12.8 Å². The van der Waals surface area contributed by atoms with Crippen molar-refractivity contribution in [2.24, 2.45) is 4.99 Å². The number of aliphatic hydroxyl groups excluding tert-OH is 1. The Kier molecular flexibility index (Phi) is 9.59. The molecule has 0 aliphatic rings. The molecule has 1 atom stereocenters. The van der Waals surface area contributed by atoms with E-state index in [2.05, 4.69) is 47.7 Å². The lowest BCUT2D eigenvalue weighted by atomic mass is 10.1. The average Bonchev–Trinajstić information content (AvgIpc) is 3.06. The van der Waals surface area contributed by atoms with Crippen molar-refractivity contribution in [3.63, 3.8) is 0 Å². The zero-order valence-corrected chi connectivity index (χ0v) is 17.4. The largest absolute Gasteiger partial charge is 0.467 e. The van der Waals surface area contributed by atoms with E-state index in [0.717, 1.165) is 19.5 Å². The molecule has 6 heteroatoms. The van der Waals surface area contributed by atoms with Gasteiger partial charge in [-0.25, -0.2) is 0 Å². The van der Waals surface area contributed by atoms with E-state index in [1.807, 2.05) is 6.92 Å². The third kappa shape index (κ3) is 7.48. The smallest absolute Gasteiger partial charge is 0.191 e. The highest BCUT2D eigenvalue weighted by molar-refractivity contribution is 14.0. The number of hydrogen-bond donors (Lipinski definition) is 3. The van der Waals surface area contributed by atoms with Crippen LogP contribution in [0.15, 0.2) is 46.0 Å². The lowest BCUT2D eigenvalue weighted by Gasteiger charge is -2.13. The summed E-state index contributed by atoms with van der Waals surface area (Å²) < 4.78 is 5.19. The van der Waals surface area contributed by atoms with E-state index in [0.29, 0.717) is 11.7 Å². The monoisotopic (exact) mass is 457 g/mol. The Labute approximate surface area is 167 Å². The van der Waals surface area contributed by atoms with Gasteiger partial charge in [-0.1, -0.05) is 29.3 Å². The van der Waals surface area contributed by atoms with Gasteiger partial charge in [-0.15, -0.1) is 24.0 Å². The van der Waals surface area contributed by atoms with E-state index >= 15 is 0 Å². The summed E-state index contributed by atoms with van der Waals surface area (Å²) in [7, 11) is 0. The van der Waals surface area contributed by atoms with Crippen LogP contribution >= 0.6 is 24.0 Å². The number of rotatable bonds is 7. The van der Waals surface area contributed by atoms with Crippen molar-refractivity contribution >= 4 is 29.9 Å². The number of halogens is 1. The van der Waals surface area contributed by atoms with Crippen LogP contribution in [0, 0.1) is 13.8 Å². The first-order chi connectivity index (χ1) is 11.6. The van der Waals surface area contributed by atoms with Gasteiger partial charge in [0.2, 0.25) is 0 Å². The fourth-order valence-corrected chi connectivity index (χ4v) is 2.63. The van der Waals surface area contributed by atoms with Crippen LogP contribution in [-0.4, -0.2) is 30.7 Å². The lowest BCUT2D eigenvalue weighted by molar-refractivity contribution is 0.158. The molecule has 1 aromatic carbocycles. The molecule has 0 fully saturated rings. The quantitative estimate of drug-likeness (QED) is 0.339. The summed E-state index contributed by atoms with van der Waals surface area (Å²) in [6.07, 6.45) is 1.75. The molecular weight excluding hydrogens is 429 g/mol. The zero-order valence-electron chi connectivity index (χ0n) is 15.1. The van der Waals surface area contributed by atoms with E-state index < -0.39 is 6.10 Å². The van der Waals surface area contributed by atoms with Gasteiger partial charge in [-0.2, -0.15) is 0 Å². The molecule has 0 saturated carbocycles. The average molecular weight is 457 g/mol. The first-order valence-electron chi connectivity index (χ1n) is 8.39. The molecule has 0 spiro atoms. The molecule has 0 aliphatic heterocycles. The molecule has 2 aromatic rings. The minimum atomic E-state index is -0.727. The molecule has 0 amide bonds. The third-order valence-corrected chi connectivity index (χ3v) is 3.63. The standard InChI is InChI=1S/C19H27N3O2.HI/c1-4-20-19(22-13-17(23)18-6-5-9-24-18)21-8-7-16-11-14(2)10-15(3)12-16;/h5-6,9-12,17,23H,4,7-8,13H2,1-3H3,(H2,20,21,22);1H. The molecule has 3 N–H and O–H groups in total. The normalized spacial score (nSPS) is 12.4. The van der Waals surface area contributed by atoms with Crippen LogP contribution in [0.3, 0.4) is 0 Å². The van der Waals surface area contributed by atoms with Gasteiger partial charge in [-0.3, -0.25) is 4.99 Å². The van der Waals surface area contributed by atoms with E-state index in [9.17, 15) is 5.11 Å². The van der Waals surface area contributed by atoms with Gasteiger partial charge in [0.1, 0.15) is 11.9 Å². The number of guanidine groups is 1. The highest BCUT2D eigenvalue weighted by Gasteiger charge is 2.09. The number of furan rings is 1. The maximum Gasteiger partial charge on any atom is 0.191 e. The number of nitrogens with zero attached hydrogens (tertiary/aromatic N) is 1. The maximum atomic E-state index is 10.0. The molecule has 2 rings (SSSR count). The Bertz CT molecular complexity index is 636. The van der Waals surface area contributed by atoms with Crippen LogP contribution in [0.2, 0.25) is 0 Å². The minimum Gasteiger partial charge on any atom is -0.467 e. The van der Waals surface area contributed by atoms with Crippen molar-refractivity contribution in [3.8, 4) is 0 Å². The summed E-state index contributed by atoms with van der Waals surface area (Å²) in [4.78, 5) is 4.42. The van der Waals surface area contributed by atoms with Crippen molar-refractivity contribution in [2.45, 2.75) is 33.3 Å². The van der Waals surface area contributed by atoms with Gasteiger partial charge in [0, 0.05) is 13.1 Å². The summed E-state index contributed by atoms with van der Waals surface area (Å²) >= 11 is 0. The second-order valence-corrected chi connectivity index (χ2v) is 5.92. The first-order valence-corrected chi connectivity index (χ1v) is 8.39. The van der Waals surface area contributed by atoms with E-state index in [4.69, 9.17) is 4.42 Å². The van der Waals surface area contributed by atoms with E-state index in [1.165, 1.54) is 16.7 Å². The predicted octanol–water partition coefficient (Wildman–Crippen LogP) is 3.35. The SMILES string of the molecule is CCNC(=NCC(O)c1ccco1)NCCc1cc(C)cc(C)c1.I. The Hall–Kier alpha value is -1.54.